The summed E-state index contributed by atoms with van der Waals surface area (Å²) in [5.74, 6) is 1.55. The van der Waals surface area contributed by atoms with Crippen LogP contribution in [0.4, 0.5) is 0 Å². The molecule has 100 valence electrons. The number of rotatable bonds is 3. The fraction of sp³-hybridized carbons (Fsp3) is 0.357. The van der Waals surface area contributed by atoms with E-state index in [1.54, 1.807) is 4.68 Å². The summed E-state index contributed by atoms with van der Waals surface area (Å²) in [6.07, 6.45) is 4.40. The minimum Gasteiger partial charge on any atom is -0.486 e. The van der Waals surface area contributed by atoms with Gasteiger partial charge in [0.05, 0.1) is 6.20 Å². The molecule has 0 saturated heterocycles. The van der Waals surface area contributed by atoms with Crippen molar-refractivity contribution in [3.8, 4) is 11.5 Å². The Balaban J connectivity index is 1.67. The molecule has 2 aromatic rings. The van der Waals surface area contributed by atoms with E-state index in [1.807, 2.05) is 43.7 Å². The lowest BCUT2D eigenvalue weighted by atomic mass is 10.0. The van der Waals surface area contributed by atoms with Gasteiger partial charge in [0.15, 0.2) is 11.5 Å². The summed E-state index contributed by atoms with van der Waals surface area (Å²) >= 11 is 0. The second-order valence-electron chi connectivity index (χ2n) is 4.80. The van der Waals surface area contributed by atoms with Crippen LogP contribution in [0, 0.1) is 0 Å². The summed E-state index contributed by atoms with van der Waals surface area (Å²) in [6.45, 7) is 0.485. The molecular weight excluding hydrogens is 242 g/mol. The van der Waals surface area contributed by atoms with Crippen LogP contribution in [0.15, 0.2) is 36.7 Å². The van der Waals surface area contributed by atoms with Gasteiger partial charge in [-0.1, -0.05) is 12.1 Å². The predicted molar refractivity (Wildman–Crippen MR) is 71.2 cm³/mol. The van der Waals surface area contributed by atoms with Crippen molar-refractivity contribution in [2.24, 2.45) is 12.8 Å². The van der Waals surface area contributed by atoms with E-state index < -0.39 is 0 Å². The van der Waals surface area contributed by atoms with Gasteiger partial charge in [-0.3, -0.25) is 4.68 Å². The Morgan fingerprint density at radius 3 is 2.95 bits per heavy atom. The molecule has 1 aromatic carbocycles. The van der Waals surface area contributed by atoms with Crippen LogP contribution >= 0.6 is 0 Å². The fourth-order valence-corrected chi connectivity index (χ4v) is 2.23. The molecule has 0 radical (unpaired) electrons. The summed E-state index contributed by atoms with van der Waals surface area (Å²) in [5, 5.41) is 4.14. The van der Waals surface area contributed by atoms with Gasteiger partial charge in [-0.05, 0) is 24.1 Å². The molecule has 2 unspecified atom stereocenters. The highest BCUT2D eigenvalue weighted by atomic mass is 16.6. The molecule has 2 N–H and O–H groups in total. The van der Waals surface area contributed by atoms with Crippen LogP contribution in [-0.4, -0.2) is 28.5 Å². The number of nitrogens with two attached hydrogens (primary N) is 1. The molecule has 1 aromatic heterocycles. The quantitative estimate of drug-likeness (QED) is 0.897. The Morgan fingerprint density at radius 2 is 2.21 bits per heavy atom. The van der Waals surface area contributed by atoms with Crippen LogP contribution in [0.3, 0.4) is 0 Å². The molecule has 0 fully saturated rings. The molecule has 0 aliphatic carbocycles. The molecular formula is C14H17N3O2. The highest BCUT2D eigenvalue weighted by molar-refractivity contribution is 5.40. The molecule has 0 bridgehead atoms. The van der Waals surface area contributed by atoms with Crippen molar-refractivity contribution in [1.29, 1.82) is 0 Å². The average molecular weight is 259 g/mol. The molecule has 19 heavy (non-hydrogen) atoms. The Labute approximate surface area is 111 Å². The number of hydrogen-bond donors (Lipinski definition) is 1. The topological polar surface area (TPSA) is 62.3 Å². The molecule has 2 atom stereocenters. The molecule has 5 heteroatoms. The minimum absolute atomic E-state index is 0.113. The third-order valence-corrected chi connectivity index (χ3v) is 3.24. The second-order valence-corrected chi connectivity index (χ2v) is 4.80. The maximum atomic E-state index is 6.20. The number of nitrogens with zero attached hydrogens (tertiary/aromatic N) is 2. The number of aryl methyl sites for hydroxylation is 1. The van der Waals surface area contributed by atoms with Gasteiger partial charge < -0.3 is 15.2 Å². The minimum atomic E-state index is -0.130. The van der Waals surface area contributed by atoms with Crippen molar-refractivity contribution < 1.29 is 9.47 Å². The van der Waals surface area contributed by atoms with Gasteiger partial charge in [-0.15, -0.1) is 0 Å². The SMILES string of the molecule is Cn1cc(CC(N)C2COc3ccccc3O2)cn1. The Hall–Kier alpha value is -2.01. The van der Waals surface area contributed by atoms with Gasteiger partial charge >= 0.3 is 0 Å². The lowest BCUT2D eigenvalue weighted by Gasteiger charge is -2.30. The van der Waals surface area contributed by atoms with Crippen LogP contribution in [0.5, 0.6) is 11.5 Å². The molecule has 1 aliphatic rings. The largest absolute Gasteiger partial charge is 0.486 e. The van der Waals surface area contributed by atoms with Gasteiger partial charge in [0.1, 0.15) is 12.7 Å². The van der Waals surface area contributed by atoms with Crippen molar-refractivity contribution in [2.75, 3.05) is 6.61 Å². The van der Waals surface area contributed by atoms with Gasteiger partial charge in [0, 0.05) is 19.3 Å². The van der Waals surface area contributed by atoms with Crippen LogP contribution in [0.1, 0.15) is 5.56 Å². The van der Waals surface area contributed by atoms with E-state index >= 15 is 0 Å². The van der Waals surface area contributed by atoms with E-state index in [0.717, 1.165) is 23.5 Å². The van der Waals surface area contributed by atoms with Crippen LogP contribution in [0.25, 0.3) is 0 Å². The third kappa shape index (κ3) is 2.56. The van der Waals surface area contributed by atoms with E-state index in [2.05, 4.69) is 5.10 Å². The predicted octanol–water partition coefficient (Wildman–Crippen LogP) is 1.13. The Morgan fingerprint density at radius 1 is 1.42 bits per heavy atom. The highest BCUT2D eigenvalue weighted by Gasteiger charge is 2.26. The number of benzene rings is 1. The highest BCUT2D eigenvalue weighted by Crippen LogP contribution is 2.31. The fourth-order valence-electron chi connectivity index (χ4n) is 2.23. The van der Waals surface area contributed by atoms with E-state index in [9.17, 15) is 0 Å². The molecule has 0 spiro atoms. The maximum absolute atomic E-state index is 6.20. The molecule has 0 saturated carbocycles. The number of para-hydroxylation sites is 2. The van der Waals surface area contributed by atoms with E-state index in [0.29, 0.717) is 6.61 Å². The van der Waals surface area contributed by atoms with Gasteiger partial charge in [0.2, 0.25) is 0 Å². The van der Waals surface area contributed by atoms with E-state index in [1.165, 1.54) is 0 Å². The lowest BCUT2D eigenvalue weighted by molar-refractivity contribution is 0.0723. The summed E-state index contributed by atoms with van der Waals surface area (Å²) in [6, 6.07) is 7.55. The van der Waals surface area contributed by atoms with Crippen molar-refractivity contribution in [3.05, 3.63) is 42.2 Å². The first-order valence-corrected chi connectivity index (χ1v) is 6.34. The van der Waals surface area contributed by atoms with Crippen LogP contribution < -0.4 is 15.2 Å². The summed E-state index contributed by atoms with van der Waals surface area (Å²) in [7, 11) is 1.89. The van der Waals surface area contributed by atoms with E-state index in [4.69, 9.17) is 15.2 Å². The second kappa shape index (κ2) is 4.93. The lowest BCUT2D eigenvalue weighted by Crippen LogP contribution is -2.46. The monoisotopic (exact) mass is 259 g/mol. The summed E-state index contributed by atoms with van der Waals surface area (Å²) in [4.78, 5) is 0. The van der Waals surface area contributed by atoms with Crippen molar-refractivity contribution in [3.63, 3.8) is 0 Å². The number of ether oxygens (including phenoxy) is 2. The molecule has 1 aliphatic heterocycles. The van der Waals surface area contributed by atoms with Crippen molar-refractivity contribution in [2.45, 2.75) is 18.6 Å². The summed E-state index contributed by atoms with van der Waals surface area (Å²) in [5.41, 5.74) is 7.31. The smallest absolute Gasteiger partial charge is 0.161 e. The zero-order valence-electron chi connectivity index (χ0n) is 10.8. The molecule has 5 nitrogen and oxygen atoms in total. The number of aromatic nitrogens is 2. The maximum Gasteiger partial charge on any atom is 0.161 e. The van der Waals surface area contributed by atoms with E-state index in [-0.39, 0.29) is 12.1 Å². The van der Waals surface area contributed by atoms with Crippen molar-refractivity contribution >= 4 is 0 Å². The number of fused-ring (bicyclic) bond motifs is 1. The number of hydrogen-bond acceptors (Lipinski definition) is 4. The zero-order chi connectivity index (χ0) is 13.2. The molecule has 3 rings (SSSR count). The third-order valence-electron chi connectivity index (χ3n) is 3.24. The first-order valence-electron chi connectivity index (χ1n) is 6.34. The first-order chi connectivity index (χ1) is 9.22. The Bertz CT molecular complexity index is 567. The summed E-state index contributed by atoms with van der Waals surface area (Å²) < 4.78 is 13.3. The van der Waals surface area contributed by atoms with Crippen molar-refractivity contribution in [1.82, 2.24) is 9.78 Å². The van der Waals surface area contributed by atoms with Gasteiger partial charge in [-0.25, -0.2) is 0 Å². The molecule has 0 amide bonds. The zero-order valence-corrected chi connectivity index (χ0v) is 10.8. The Kier molecular flexibility index (Phi) is 3.13. The standard InChI is InChI=1S/C14H17N3O2/c1-17-8-10(7-16-17)6-11(15)14-9-18-12-4-2-3-5-13(12)19-14/h2-5,7-8,11,14H,6,9,15H2,1H3. The van der Waals surface area contributed by atoms with Gasteiger partial charge in [-0.2, -0.15) is 5.10 Å². The average Bonchev–Trinajstić information content (AvgIpc) is 2.83. The normalized spacial score (nSPS) is 19.2. The molecule has 2 heterocycles. The van der Waals surface area contributed by atoms with Crippen LogP contribution in [0.2, 0.25) is 0 Å². The van der Waals surface area contributed by atoms with Gasteiger partial charge in [0.25, 0.3) is 0 Å². The van der Waals surface area contributed by atoms with Crippen LogP contribution in [-0.2, 0) is 13.5 Å². The first kappa shape index (κ1) is 12.0.